The monoisotopic (exact) mass is 339 g/mol. The number of carboxylic acid groups (broad SMARTS) is 1. The van der Waals surface area contributed by atoms with Gasteiger partial charge in [0.15, 0.2) is 0 Å². The number of aliphatic carboxylic acids is 1. The van der Waals surface area contributed by atoms with Gasteiger partial charge in [-0.1, -0.05) is 35.0 Å². The lowest BCUT2D eigenvalue weighted by Gasteiger charge is -2.38. The summed E-state index contributed by atoms with van der Waals surface area (Å²) in [6, 6.07) is 8.89. The van der Waals surface area contributed by atoms with E-state index in [1.54, 1.807) is 0 Å². The van der Waals surface area contributed by atoms with Gasteiger partial charge in [0.1, 0.15) is 0 Å². The maximum atomic E-state index is 10.9. The molecule has 1 aliphatic heterocycles. The molecule has 1 heterocycles. The number of benzene rings is 1. The third kappa shape index (κ3) is 4.06. The molecule has 1 saturated heterocycles. The molecule has 0 amide bonds. The number of halogens is 1. The third-order valence-electron chi connectivity index (χ3n) is 4.10. The van der Waals surface area contributed by atoms with Crippen molar-refractivity contribution in [3.05, 3.63) is 34.3 Å². The minimum Gasteiger partial charge on any atom is -0.481 e. The lowest BCUT2D eigenvalue weighted by Crippen LogP contribution is -2.38. The van der Waals surface area contributed by atoms with Crippen molar-refractivity contribution in [1.29, 1.82) is 0 Å². The van der Waals surface area contributed by atoms with Crippen molar-refractivity contribution in [3.63, 3.8) is 0 Å². The van der Waals surface area contributed by atoms with Gasteiger partial charge in [0.05, 0.1) is 0 Å². The molecule has 2 atom stereocenters. The fraction of sp³-hybridized carbons (Fsp3) is 0.562. The molecular weight excluding hydrogens is 318 g/mol. The molecule has 0 spiro atoms. The Hall–Kier alpha value is -0.870. The minimum absolute atomic E-state index is 0.297. The summed E-state index contributed by atoms with van der Waals surface area (Å²) >= 11 is 3.47. The van der Waals surface area contributed by atoms with Crippen LogP contribution >= 0.6 is 15.9 Å². The predicted octanol–water partition coefficient (Wildman–Crippen LogP) is 4.09. The fourth-order valence-electron chi connectivity index (χ4n) is 3.18. The van der Waals surface area contributed by atoms with Gasteiger partial charge < -0.3 is 5.11 Å². The summed E-state index contributed by atoms with van der Waals surface area (Å²) in [6.45, 7) is 4.18. The maximum absolute atomic E-state index is 10.9. The SMILES string of the molecule is CCC(c1ccc(Br)cc1)N1CCCC(CC(=O)O)C1. The van der Waals surface area contributed by atoms with Crippen molar-refractivity contribution in [2.45, 2.75) is 38.6 Å². The molecule has 0 aromatic heterocycles. The first-order chi connectivity index (χ1) is 9.60. The van der Waals surface area contributed by atoms with Gasteiger partial charge in [-0.25, -0.2) is 0 Å². The van der Waals surface area contributed by atoms with E-state index in [1.165, 1.54) is 5.56 Å². The lowest BCUT2D eigenvalue weighted by atomic mass is 9.92. The smallest absolute Gasteiger partial charge is 0.303 e. The Bertz CT molecular complexity index is 446. The molecule has 0 saturated carbocycles. The highest BCUT2D eigenvalue weighted by Gasteiger charge is 2.27. The Morgan fingerprint density at radius 1 is 1.45 bits per heavy atom. The van der Waals surface area contributed by atoms with E-state index < -0.39 is 5.97 Å². The molecule has 1 aromatic rings. The van der Waals surface area contributed by atoms with Gasteiger partial charge in [0.2, 0.25) is 0 Å². The number of hydrogen-bond donors (Lipinski definition) is 1. The van der Waals surface area contributed by atoms with Gasteiger partial charge in [-0.05, 0) is 49.4 Å². The molecule has 0 radical (unpaired) electrons. The number of nitrogens with zero attached hydrogens (tertiary/aromatic N) is 1. The van der Waals surface area contributed by atoms with E-state index in [-0.39, 0.29) is 0 Å². The van der Waals surface area contributed by atoms with Gasteiger partial charge in [-0.2, -0.15) is 0 Å². The summed E-state index contributed by atoms with van der Waals surface area (Å²) in [7, 11) is 0. The summed E-state index contributed by atoms with van der Waals surface area (Å²) in [6.07, 6.45) is 3.50. The van der Waals surface area contributed by atoms with Crippen molar-refractivity contribution in [2.24, 2.45) is 5.92 Å². The van der Waals surface area contributed by atoms with Crippen LogP contribution in [0.4, 0.5) is 0 Å². The van der Waals surface area contributed by atoms with Crippen LogP contribution in [0.1, 0.15) is 44.2 Å². The highest BCUT2D eigenvalue weighted by Crippen LogP contribution is 2.31. The molecular formula is C16H22BrNO2. The zero-order valence-corrected chi connectivity index (χ0v) is 13.5. The number of carbonyl (C=O) groups is 1. The summed E-state index contributed by atoms with van der Waals surface area (Å²) in [4.78, 5) is 13.4. The normalized spacial score (nSPS) is 21.6. The lowest BCUT2D eigenvalue weighted by molar-refractivity contribution is -0.138. The third-order valence-corrected chi connectivity index (χ3v) is 4.62. The van der Waals surface area contributed by atoms with Crippen LogP contribution in [0, 0.1) is 5.92 Å². The van der Waals surface area contributed by atoms with Gasteiger partial charge in [-0.3, -0.25) is 9.69 Å². The second-order valence-electron chi connectivity index (χ2n) is 5.58. The van der Waals surface area contributed by atoms with Crippen molar-refractivity contribution < 1.29 is 9.90 Å². The number of likely N-dealkylation sites (tertiary alicyclic amines) is 1. The molecule has 1 fully saturated rings. The average molecular weight is 340 g/mol. The summed E-state index contributed by atoms with van der Waals surface area (Å²) < 4.78 is 1.10. The zero-order valence-electron chi connectivity index (χ0n) is 11.9. The van der Waals surface area contributed by atoms with E-state index >= 15 is 0 Å². The summed E-state index contributed by atoms with van der Waals surface area (Å²) in [5.41, 5.74) is 1.33. The molecule has 1 N–H and O–H groups in total. The van der Waals surface area contributed by atoms with E-state index in [0.29, 0.717) is 18.4 Å². The van der Waals surface area contributed by atoms with Crippen LogP contribution in [-0.4, -0.2) is 29.1 Å². The Morgan fingerprint density at radius 3 is 2.75 bits per heavy atom. The van der Waals surface area contributed by atoms with Crippen LogP contribution < -0.4 is 0 Å². The summed E-state index contributed by atoms with van der Waals surface area (Å²) in [5.74, 6) is -0.376. The van der Waals surface area contributed by atoms with E-state index in [4.69, 9.17) is 5.11 Å². The number of carboxylic acids is 1. The predicted molar refractivity (Wildman–Crippen MR) is 83.7 cm³/mol. The minimum atomic E-state index is -0.673. The molecule has 2 rings (SSSR count). The highest BCUT2D eigenvalue weighted by molar-refractivity contribution is 9.10. The van der Waals surface area contributed by atoms with Gasteiger partial charge in [0.25, 0.3) is 0 Å². The molecule has 20 heavy (non-hydrogen) atoms. The molecule has 2 unspecified atom stereocenters. The Labute approximate surface area is 129 Å². The number of piperidine rings is 1. The van der Waals surface area contributed by atoms with Crippen molar-refractivity contribution in [1.82, 2.24) is 4.90 Å². The van der Waals surface area contributed by atoms with Gasteiger partial charge in [-0.15, -0.1) is 0 Å². The molecule has 4 heteroatoms. The standard InChI is InChI=1S/C16H22BrNO2/c1-2-15(13-5-7-14(17)8-6-13)18-9-3-4-12(11-18)10-16(19)20/h5-8,12,15H,2-4,9-11H2,1H3,(H,19,20). The number of hydrogen-bond acceptors (Lipinski definition) is 2. The first kappa shape index (κ1) is 15.5. The number of rotatable bonds is 5. The first-order valence-electron chi connectivity index (χ1n) is 7.31. The van der Waals surface area contributed by atoms with Crippen LogP contribution in [0.2, 0.25) is 0 Å². The molecule has 0 bridgehead atoms. The average Bonchev–Trinajstić information content (AvgIpc) is 2.41. The first-order valence-corrected chi connectivity index (χ1v) is 8.10. The second-order valence-corrected chi connectivity index (χ2v) is 6.49. The molecule has 0 aliphatic carbocycles. The van der Waals surface area contributed by atoms with Crippen LogP contribution in [0.3, 0.4) is 0 Å². The van der Waals surface area contributed by atoms with E-state index in [9.17, 15) is 4.79 Å². The highest BCUT2D eigenvalue weighted by atomic mass is 79.9. The Morgan fingerprint density at radius 2 is 2.15 bits per heavy atom. The fourth-order valence-corrected chi connectivity index (χ4v) is 3.45. The zero-order chi connectivity index (χ0) is 14.5. The van der Waals surface area contributed by atoms with Crippen molar-refractivity contribution in [3.8, 4) is 0 Å². The second kappa shape index (κ2) is 7.23. The van der Waals surface area contributed by atoms with Crippen molar-refractivity contribution >= 4 is 21.9 Å². The maximum Gasteiger partial charge on any atom is 0.303 e. The van der Waals surface area contributed by atoms with E-state index in [1.807, 2.05) is 0 Å². The molecule has 3 nitrogen and oxygen atoms in total. The quantitative estimate of drug-likeness (QED) is 0.878. The molecule has 1 aromatic carbocycles. The topological polar surface area (TPSA) is 40.5 Å². The van der Waals surface area contributed by atoms with Gasteiger partial charge in [0, 0.05) is 23.5 Å². The molecule has 1 aliphatic rings. The van der Waals surface area contributed by atoms with E-state index in [2.05, 4.69) is 52.0 Å². The van der Waals surface area contributed by atoms with Crippen molar-refractivity contribution in [2.75, 3.05) is 13.1 Å². The molecule has 110 valence electrons. The van der Waals surface area contributed by atoms with Crippen LogP contribution in [-0.2, 0) is 4.79 Å². The van der Waals surface area contributed by atoms with Crippen LogP contribution in [0.5, 0.6) is 0 Å². The Kier molecular flexibility index (Phi) is 5.61. The summed E-state index contributed by atoms with van der Waals surface area (Å²) in [5, 5.41) is 8.97. The van der Waals surface area contributed by atoms with E-state index in [0.717, 1.165) is 36.8 Å². The van der Waals surface area contributed by atoms with Gasteiger partial charge >= 0.3 is 5.97 Å². The van der Waals surface area contributed by atoms with Crippen LogP contribution in [0.15, 0.2) is 28.7 Å². The largest absolute Gasteiger partial charge is 0.481 e. The Balaban J connectivity index is 2.06. The van der Waals surface area contributed by atoms with Crippen LogP contribution in [0.25, 0.3) is 0 Å².